The van der Waals surface area contributed by atoms with Crippen molar-refractivity contribution in [3.63, 3.8) is 0 Å². The van der Waals surface area contributed by atoms with Crippen molar-refractivity contribution in [1.29, 1.82) is 0 Å². The van der Waals surface area contributed by atoms with Crippen LogP contribution in [0.4, 0.5) is 5.82 Å². The maximum Gasteiger partial charge on any atom is 0.224 e. The minimum atomic E-state index is -0.0557. The lowest BCUT2D eigenvalue weighted by Crippen LogP contribution is -2.30. The topological polar surface area (TPSA) is 94.0 Å². The molecule has 2 N–H and O–H groups in total. The van der Waals surface area contributed by atoms with E-state index >= 15 is 0 Å². The zero-order chi connectivity index (χ0) is 19.9. The Hall–Kier alpha value is -3.42. The fourth-order valence-electron chi connectivity index (χ4n) is 2.86. The molecule has 1 amide bonds. The second-order valence-electron chi connectivity index (χ2n) is 6.27. The van der Waals surface area contributed by atoms with E-state index in [4.69, 9.17) is 4.74 Å². The summed E-state index contributed by atoms with van der Waals surface area (Å²) in [6.07, 6.45) is 3.87. The fourth-order valence-corrected chi connectivity index (χ4v) is 2.86. The molecule has 0 aliphatic heterocycles. The molecule has 3 aromatic rings. The standard InChI is InChI=1S/C20H24N6O2/c1-14-24-18(13-19(25-14)26-11-10-21-15(26)2)22-8-9-23-20(27)12-16-6-4-5-7-17(16)28-3/h4-7,10-11,13H,8-9,12H2,1-3H3,(H,23,27)(H,22,24,25). The normalized spacial score (nSPS) is 10.5. The average molecular weight is 380 g/mol. The molecule has 3 rings (SSSR count). The van der Waals surface area contributed by atoms with Crippen LogP contribution in [0.15, 0.2) is 42.7 Å². The molecule has 1 aromatic carbocycles. The number of amides is 1. The van der Waals surface area contributed by atoms with Gasteiger partial charge in [0.15, 0.2) is 0 Å². The number of anilines is 1. The number of benzene rings is 1. The van der Waals surface area contributed by atoms with Crippen molar-refractivity contribution in [2.45, 2.75) is 20.3 Å². The van der Waals surface area contributed by atoms with Gasteiger partial charge in [0.1, 0.15) is 29.0 Å². The van der Waals surface area contributed by atoms with Crippen molar-refractivity contribution < 1.29 is 9.53 Å². The summed E-state index contributed by atoms with van der Waals surface area (Å²) in [5.41, 5.74) is 0.863. The van der Waals surface area contributed by atoms with Crippen LogP contribution >= 0.6 is 0 Å². The van der Waals surface area contributed by atoms with Gasteiger partial charge in [0.05, 0.1) is 13.5 Å². The molecule has 0 unspecified atom stereocenters. The van der Waals surface area contributed by atoms with Gasteiger partial charge in [0, 0.05) is 37.1 Å². The lowest BCUT2D eigenvalue weighted by atomic mass is 10.1. The second kappa shape index (κ2) is 8.98. The van der Waals surface area contributed by atoms with E-state index < -0.39 is 0 Å². The van der Waals surface area contributed by atoms with Gasteiger partial charge in [-0.2, -0.15) is 0 Å². The number of para-hydroxylation sites is 1. The first kappa shape index (κ1) is 19.3. The van der Waals surface area contributed by atoms with E-state index in [-0.39, 0.29) is 12.3 Å². The van der Waals surface area contributed by atoms with Gasteiger partial charge >= 0.3 is 0 Å². The third-order valence-corrected chi connectivity index (χ3v) is 4.19. The Balaban J connectivity index is 1.52. The smallest absolute Gasteiger partial charge is 0.224 e. The molecule has 0 bridgehead atoms. The molecule has 8 nitrogen and oxygen atoms in total. The molecule has 28 heavy (non-hydrogen) atoms. The lowest BCUT2D eigenvalue weighted by Gasteiger charge is -2.11. The zero-order valence-corrected chi connectivity index (χ0v) is 16.3. The van der Waals surface area contributed by atoms with E-state index in [9.17, 15) is 4.79 Å². The number of carbonyl (C=O) groups is 1. The number of aromatic nitrogens is 4. The molecular formula is C20H24N6O2. The number of methoxy groups -OCH3 is 1. The number of ether oxygens (including phenoxy) is 1. The number of aryl methyl sites for hydroxylation is 2. The van der Waals surface area contributed by atoms with E-state index in [2.05, 4.69) is 25.6 Å². The third kappa shape index (κ3) is 4.85. The van der Waals surface area contributed by atoms with Crippen LogP contribution in [0.3, 0.4) is 0 Å². The predicted octanol–water partition coefficient (Wildman–Crippen LogP) is 2.06. The van der Waals surface area contributed by atoms with Gasteiger partial charge < -0.3 is 15.4 Å². The maximum absolute atomic E-state index is 12.2. The van der Waals surface area contributed by atoms with Gasteiger partial charge in [-0.15, -0.1) is 0 Å². The van der Waals surface area contributed by atoms with Crippen LogP contribution in [0.5, 0.6) is 5.75 Å². The molecular weight excluding hydrogens is 356 g/mol. The third-order valence-electron chi connectivity index (χ3n) is 4.19. The molecule has 2 heterocycles. The van der Waals surface area contributed by atoms with Crippen molar-refractivity contribution in [3.8, 4) is 11.6 Å². The van der Waals surface area contributed by atoms with E-state index in [1.807, 2.05) is 54.9 Å². The first-order chi connectivity index (χ1) is 13.6. The monoisotopic (exact) mass is 380 g/mol. The number of imidazole rings is 1. The number of nitrogens with zero attached hydrogens (tertiary/aromatic N) is 4. The number of rotatable bonds is 8. The summed E-state index contributed by atoms with van der Waals surface area (Å²) in [5, 5.41) is 6.13. The van der Waals surface area contributed by atoms with E-state index in [0.29, 0.717) is 24.7 Å². The quantitative estimate of drug-likeness (QED) is 0.581. The van der Waals surface area contributed by atoms with E-state index in [1.54, 1.807) is 13.3 Å². The number of hydrogen-bond acceptors (Lipinski definition) is 6. The summed E-state index contributed by atoms with van der Waals surface area (Å²) in [6, 6.07) is 9.37. The molecule has 0 saturated heterocycles. The maximum atomic E-state index is 12.2. The van der Waals surface area contributed by atoms with Crippen LogP contribution in [-0.2, 0) is 11.2 Å². The number of nitrogens with one attached hydrogen (secondary N) is 2. The van der Waals surface area contributed by atoms with Gasteiger partial charge in [-0.3, -0.25) is 9.36 Å². The summed E-state index contributed by atoms with van der Waals surface area (Å²) in [7, 11) is 1.60. The summed E-state index contributed by atoms with van der Waals surface area (Å²) in [4.78, 5) is 25.2. The van der Waals surface area contributed by atoms with Crippen molar-refractivity contribution in [3.05, 3.63) is 59.9 Å². The van der Waals surface area contributed by atoms with Crippen molar-refractivity contribution in [2.75, 3.05) is 25.5 Å². The Morgan fingerprint density at radius 3 is 2.75 bits per heavy atom. The highest BCUT2D eigenvalue weighted by Crippen LogP contribution is 2.17. The van der Waals surface area contributed by atoms with Crippen molar-refractivity contribution >= 4 is 11.7 Å². The summed E-state index contributed by atoms with van der Waals surface area (Å²) < 4.78 is 7.18. The largest absolute Gasteiger partial charge is 0.496 e. The van der Waals surface area contributed by atoms with Gasteiger partial charge in [-0.25, -0.2) is 15.0 Å². The summed E-state index contributed by atoms with van der Waals surface area (Å²) in [5.74, 6) is 3.63. The Morgan fingerprint density at radius 2 is 2.00 bits per heavy atom. The molecule has 0 radical (unpaired) electrons. The zero-order valence-electron chi connectivity index (χ0n) is 16.3. The van der Waals surface area contributed by atoms with Crippen LogP contribution in [0, 0.1) is 13.8 Å². The van der Waals surface area contributed by atoms with E-state index in [0.717, 1.165) is 23.0 Å². The first-order valence-corrected chi connectivity index (χ1v) is 9.05. The average Bonchev–Trinajstić information content (AvgIpc) is 3.11. The molecule has 0 aliphatic carbocycles. The Labute approximate surface area is 164 Å². The molecule has 0 spiro atoms. The summed E-state index contributed by atoms with van der Waals surface area (Å²) >= 11 is 0. The van der Waals surface area contributed by atoms with Gasteiger partial charge in [-0.05, 0) is 19.9 Å². The Morgan fingerprint density at radius 1 is 1.18 bits per heavy atom. The van der Waals surface area contributed by atoms with Gasteiger partial charge in [0.25, 0.3) is 0 Å². The van der Waals surface area contributed by atoms with E-state index in [1.165, 1.54) is 0 Å². The molecule has 8 heteroatoms. The van der Waals surface area contributed by atoms with Crippen molar-refractivity contribution in [1.82, 2.24) is 24.8 Å². The van der Waals surface area contributed by atoms with Crippen LogP contribution < -0.4 is 15.4 Å². The highest BCUT2D eigenvalue weighted by molar-refractivity contribution is 5.79. The Kier molecular flexibility index (Phi) is 6.21. The lowest BCUT2D eigenvalue weighted by molar-refractivity contribution is -0.120. The van der Waals surface area contributed by atoms with Crippen LogP contribution in [0.25, 0.3) is 5.82 Å². The minimum Gasteiger partial charge on any atom is -0.496 e. The van der Waals surface area contributed by atoms with Gasteiger partial charge in [0.2, 0.25) is 5.91 Å². The first-order valence-electron chi connectivity index (χ1n) is 9.05. The SMILES string of the molecule is COc1ccccc1CC(=O)NCCNc1cc(-n2ccnc2C)nc(C)n1. The van der Waals surface area contributed by atoms with Crippen LogP contribution in [-0.4, -0.2) is 45.6 Å². The second-order valence-corrected chi connectivity index (χ2v) is 6.27. The number of carbonyl (C=O) groups excluding carboxylic acids is 1. The van der Waals surface area contributed by atoms with Crippen LogP contribution in [0.1, 0.15) is 17.2 Å². The van der Waals surface area contributed by atoms with Crippen molar-refractivity contribution in [2.24, 2.45) is 0 Å². The van der Waals surface area contributed by atoms with Crippen LogP contribution in [0.2, 0.25) is 0 Å². The molecule has 0 aliphatic rings. The molecule has 0 saturated carbocycles. The summed E-state index contributed by atoms with van der Waals surface area (Å²) in [6.45, 7) is 4.80. The Bertz CT molecular complexity index is 953. The predicted molar refractivity (Wildman–Crippen MR) is 107 cm³/mol. The molecule has 2 aromatic heterocycles. The highest BCUT2D eigenvalue weighted by Gasteiger charge is 2.08. The molecule has 0 fully saturated rings. The molecule has 146 valence electrons. The highest BCUT2D eigenvalue weighted by atomic mass is 16.5. The molecule has 0 atom stereocenters. The minimum absolute atomic E-state index is 0.0557. The fraction of sp³-hybridized carbons (Fsp3) is 0.300. The number of hydrogen-bond donors (Lipinski definition) is 2. The van der Waals surface area contributed by atoms with Gasteiger partial charge in [-0.1, -0.05) is 18.2 Å².